The van der Waals surface area contributed by atoms with Gasteiger partial charge in [-0.15, -0.1) is 0 Å². The molecule has 17 nitrogen and oxygen atoms in total. The maximum absolute atomic E-state index is 12.6. The molecule has 20 heteroatoms. The first-order chi connectivity index (χ1) is 35.0. The van der Waals surface area contributed by atoms with Gasteiger partial charge in [0, 0.05) is 80.2 Å². The quantitative estimate of drug-likeness (QED) is 0.107. The first-order valence-corrected chi connectivity index (χ1v) is 23.9. The van der Waals surface area contributed by atoms with Crippen molar-refractivity contribution in [1.29, 1.82) is 0 Å². The van der Waals surface area contributed by atoms with Gasteiger partial charge < -0.3 is 53.5 Å². The molecular formula is C52H53F3N10O7. The summed E-state index contributed by atoms with van der Waals surface area (Å²) in [5.41, 5.74) is 8.11. The number of benzene rings is 3. The predicted molar refractivity (Wildman–Crippen MR) is 262 cm³/mol. The van der Waals surface area contributed by atoms with E-state index in [1.54, 1.807) is 6.20 Å². The molecule has 0 unspecified atom stereocenters. The average molecular weight is 987 g/mol. The summed E-state index contributed by atoms with van der Waals surface area (Å²) in [6, 6.07) is 24.3. The van der Waals surface area contributed by atoms with Gasteiger partial charge in [0.25, 0.3) is 0 Å². The Hall–Kier alpha value is -7.07. The number of alkyl halides is 3. The molecule has 0 bridgehead atoms. The van der Waals surface area contributed by atoms with E-state index in [9.17, 15) is 13.2 Å². The van der Waals surface area contributed by atoms with Crippen LogP contribution >= 0.6 is 0 Å². The van der Waals surface area contributed by atoms with Crippen molar-refractivity contribution in [3.05, 3.63) is 120 Å². The van der Waals surface area contributed by atoms with Crippen LogP contribution in [0.5, 0.6) is 11.9 Å². The fraction of sp³-hybridized carbons (Fsp3) is 0.346. The fourth-order valence-corrected chi connectivity index (χ4v) is 8.44. The normalized spacial score (nSPS) is 18.5. The van der Waals surface area contributed by atoms with Gasteiger partial charge in [-0.2, -0.15) is 18.2 Å². The van der Waals surface area contributed by atoms with Crippen LogP contribution in [0, 0.1) is 0 Å². The van der Waals surface area contributed by atoms with Crippen molar-refractivity contribution in [2.75, 3.05) is 65.7 Å². The van der Waals surface area contributed by atoms with Crippen molar-refractivity contribution in [3.63, 3.8) is 0 Å². The fourth-order valence-electron chi connectivity index (χ4n) is 8.44. The van der Waals surface area contributed by atoms with E-state index in [2.05, 4.69) is 69.0 Å². The minimum atomic E-state index is -4.47. The number of nitrogens with zero attached hydrogens (tertiary/aromatic N) is 6. The van der Waals surface area contributed by atoms with Gasteiger partial charge in [0.15, 0.2) is 11.2 Å². The largest absolute Gasteiger partial charge is 0.478 e. The Bertz CT molecular complexity index is 3240. The van der Waals surface area contributed by atoms with E-state index in [-0.39, 0.29) is 30.3 Å². The van der Waals surface area contributed by atoms with Crippen LogP contribution < -0.4 is 25.4 Å². The number of hydrogen-bond acceptors (Lipinski definition) is 16. The number of aromatic nitrogens is 7. The molecule has 374 valence electrons. The zero-order valence-corrected chi connectivity index (χ0v) is 39.8. The van der Waals surface area contributed by atoms with Crippen LogP contribution in [0.15, 0.2) is 106 Å². The van der Waals surface area contributed by atoms with Gasteiger partial charge in [0.1, 0.15) is 22.4 Å². The molecule has 3 saturated heterocycles. The number of nitrogens with one attached hydrogen (secondary N) is 4. The highest BCUT2D eigenvalue weighted by molar-refractivity contribution is 6.05. The summed E-state index contributed by atoms with van der Waals surface area (Å²) in [7, 11) is 0. The standard InChI is InChI=1S/C18H19N3O3.C17H14F3N3O2.C17H20N4O2/c1-2-22-17-6-4-13(10-20-17)18-21-14-5-3-12(9-15(14)24-18)16-11-19-7-8-23-16;18-17(19,20)15-4-2-11(8-22-15)16-23-12-3-1-10(7-13(12)25-16)14-9-21-5-6-24-14;1-10(2)23-17-19-8-13-12-7-11(15-9-18-5-6-22-15)3-4-14(12)20-16(13)21-17/h3-6,9-10,16,19H,2,7-8,11H2,1H3;1-4,7-8,14,21H,5-6,9H2;3-4,7-8,10,15,18H,5-6,9H2,1-2H3,(H,19,20,21)/t16-;14-;15-/m001/s1. The number of pyridine rings is 2. The second kappa shape index (κ2) is 21.7. The molecule has 3 aromatic carbocycles. The maximum Gasteiger partial charge on any atom is 0.433 e. The maximum atomic E-state index is 12.6. The first-order valence-electron chi connectivity index (χ1n) is 23.9. The Morgan fingerprint density at radius 1 is 0.625 bits per heavy atom. The van der Waals surface area contributed by atoms with Crippen LogP contribution in [0.25, 0.3) is 67.0 Å². The van der Waals surface area contributed by atoms with Crippen LogP contribution in [-0.2, 0) is 20.4 Å². The molecule has 3 aliphatic heterocycles. The Balaban J connectivity index is 0.000000124. The van der Waals surface area contributed by atoms with Gasteiger partial charge in [0.05, 0.1) is 62.0 Å². The molecule has 0 spiro atoms. The van der Waals surface area contributed by atoms with Gasteiger partial charge in [-0.05, 0) is 92.1 Å². The molecule has 4 N–H and O–H groups in total. The summed E-state index contributed by atoms with van der Waals surface area (Å²) in [4.78, 5) is 28.7. The lowest BCUT2D eigenvalue weighted by Crippen LogP contribution is -2.33. The number of ether oxygens (including phenoxy) is 5. The van der Waals surface area contributed by atoms with Gasteiger partial charge in [-0.1, -0.05) is 18.2 Å². The minimum Gasteiger partial charge on any atom is -0.478 e. The highest BCUT2D eigenvalue weighted by Gasteiger charge is 2.32. The highest BCUT2D eigenvalue weighted by atomic mass is 19.4. The lowest BCUT2D eigenvalue weighted by Gasteiger charge is -2.24. The van der Waals surface area contributed by atoms with Crippen LogP contribution in [-0.4, -0.2) is 107 Å². The molecule has 3 aliphatic rings. The third-order valence-electron chi connectivity index (χ3n) is 12.0. The van der Waals surface area contributed by atoms with E-state index in [1.807, 2.05) is 75.5 Å². The number of morpholine rings is 3. The van der Waals surface area contributed by atoms with Gasteiger partial charge in [-0.25, -0.2) is 19.9 Å². The summed E-state index contributed by atoms with van der Waals surface area (Å²) in [6.07, 6.45) is 0.337. The van der Waals surface area contributed by atoms with Gasteiger partial charge in [-0.3, -0.25) is 4.98 Å². The number of fused-ring (bicyclic) bond motifs is 5. The molecule has 3 atom stereocenters. The number of aromatic amines is 1. The second-order valence-corrected chi connectivity index (χ2v) is 17.4. The lowest BCUT2D eigenvalue weighted by molar-refractivity contribution is -0.141. The van der Waals surface area contributed by atoms with Crippen molar-refractivity contribution in [3.8, 4) is 34.8 Å². The zero-order valence-electron chi connectivity index (χ0n) is 39.8. The van der Waals surface area contributed by atoms with Gasteiger partial charge in [0.2, 0.25) is 17.7 Å². The Labute approximate surface area is 411 Å². The van der Waals surface area contributed by atoms with E-state index in [4.69, 9.17) is 32.5 Å². The van der Waals surface area contributed by atoms with E-state index >= 15 is 0 Å². The Morgan fingerprint density at radius 3 is 1.67 bits per heavy atom. The van der Waals surface area contributed by atoms with E-state index in [1.165, 1.54) is 11.6 Å². The molecule has 6 aromatic heterocycles. The average Bonchev–Trinajstić information content (AvgIpc) is 4.14. The third-order valence-corrected chi connectivity index (χ3v) is 12.0. The monoisotopic (exact) mass is 986 g/mol. The Kier molecular flexibility index (Phi) is 14.7. The molecule has 3 fully saturated rings. The molecule has 72 heavy (non-hydrogen) atoms. The van der Waals surface area contributed by atoms with Crippen molar-refractivity contribution in [2.45, 2.75) is 51.4 Å². The molecule has 12 rings (SSSR count). The van der Waals surface area contributed by atoms with Crippen molar-refractivity contribution in [1.82, 2.24) is 50.8 Å². The number of oxazole rings is 2. The predicted octanol–water partition coefficient (Wildman–Crippen LogP) is 9.08. The van der Waals surface area contributed by atoms with Crippen LogP contribution in [0.1, 0.15) is 61.5 Å². The van der Waals surface area contributed by atoms with Crippen molar-refractivity contribution < 1.29 is 45.7 Å². The SMILES string of the molecule is CC(C)Oc1ncc2c(n1)[nH]c1ccc([C@H]3CNCCO3)cc12.CCOc1ccc(-c2nc3ccc([C@@H]4CNCCO4)cc3o2)cn1.FC(F)(F)c1ccc(-c2nc3ccc([C@@H]4CNCCO4)cc3o2)cn1. The first kappa shape index (κ1) is 48.6. The van der Waals surface area contributed by atoms with Crippen LogP contribution in [0.2, 0.25) is 0 Å². The highest BCUT2D eigenvalue weighted by Crippen LogP contribution is 2.33. The number of halogens is 3. The smallest absolute Gasteiger partial charge is 0.433 e. The minimum absolute atomic E-state index is 0.0550. The molecule has 0 aliphatic carbocycles. The molecule has 0 amide bonds. The summed E-state index contributed by atoms with van der Waals surface area (Å²) >= 11 is 0. The number of H-pyrrole nitrogens is 1. The van der Waals surface area contributed by atoms with Crippen LogP contribution in [0.3, 0.4) is 0 Å². The third kappa shape index (κ3) is 11.3. The van der Waals surface area contributed by atoms with E-state index in [0.29, 0.717) is 47.7 Å². The van der Waals surface area contributed by atoms with Crippen LogP contribution in [0.4, 0.5) is 13.2 Å². The van der Waals surface area contributed by atoms with E-state index < -0.39 is 11.9 Å². The summed E-state index contributed by atoms with van der Waals surface area (Å²) in [6.45, 7) is 13.6. The van der Waals surface area contributed by atoms with E-state index in [0.717, 1.165) is 114 Å². The van der Waals surface area contributed by atoms with Crippen molar-refractivity contribution in [2.24, 2.45) is 0 Å². The lowest BCUT2D eigenvalue weighted by atomic mass is 10.1. The molecule has 9 aromatic rings. The second-order valence-electron chi connectivity index (χ2n) is 17.4. The topological polar surface area (TPSA) is 202 Å². The molecular weight excluding hydrogens is 934 g/mol. The summed E-state index contributed by atoms with van der Waals surface area (Å²) in [5.74, 6) is 1.39. The summed E-state index contributed by atoms with van der Waals surface area (Å²) < 4.78 is 77.7. The zero-order chi connectivity index (χ0) is 49.6. The van der Waals surface area contributed by atoms with Crippen molar-refractivity contribution >= 4 is 44.1 Å². The molecule has 0 saturated carbocycles. The van der Waals surface area contributed by atoms with Gasteiger partial charge >= 0.3 is 12.2 Å². The molecule has 0 radical (unpaired) electrons. The number of hydrogen-bond donors (Lipinski definition) is 4. The Morgan fingerprint density at radius 2 is 1.18 bits per heavy atom. The number of rotatable bonds is 9. The molecule has 9 heterocycles. The summed E-state index contributed by atoms with van der Waals surface area (Å²) in [5, 5.41) is 12.1.